The first-order valence-electron chi connectivity index (χ1n) is 8.83. The molecule has 2 unspecified atom stereocenters. The van der Waals surface area contributed by atoms with Crippen LogP contribution in [0, 0.1) is 5.92 Å². The van der Waals surface area contributed by atoms with Gasteiger partial charge in [0.1, 0.15) is 0 Å². The summed E-state index contributed by atoms with van der Waals surface area (Å²) in [5.74, 6) is 0.267. The Balaban J connectivity index is 0.00000338. The van der Waals surface area contributed by atoms with E-state index in [1.165, 1.54) is 6.92 Å². The fourth-order valence-corrected chi connectivity index (χ4v) is 3.56. The minimum atomic E-state index is -0.434. The molecular formula is C20H30ClN3O2. The molecule has 1 aliphatic rings. The number of nitrogens with one attached hydrogen (secondary N) is 1. The van der Waals surface area contributed by atoms with E-state index in [4.69, 9.17) is 5.73 Å². The lowest BCUT2D eigenvalue weighted by Crippen LogP contribution is -2.52. The van der Waals surface area contributed by atoms with E-state index in [9.17, 15) is 9.59 Å². The number of halogens is 1. The van der Waals surface area contributed by atoms with Crippen LogP contribution >= 0.6 is 12.4 Å². The lowest BCUT2D eigenvalue weighted by atomic mass is 9.89. The van der Waals surface area contributed by atoms with Gasteiger partial charge in [0.25, 0.3) is 0 Å². The summed E-state index contributed by atoms with van der Waals surface area (Å²) >= 11 is 0. The van der Waals surface area contributed by atoms with Gasteiger partial charge in [0, 0.05) is 25.2 Å². The molecule has 0 fully saturated rings. The van der Waals surface area contributed by atoms with Gasteiger partial charge in [0.15, 0.2) is 0 Å². The first-order chi connectivity index (χ1) is 11.8. The van der Waals surface area contributed by atoms with Gasteiger partial charge in [0.2, 0.25) is 11.8 Å². The summed E-state index contributed by atoms with van der Waals surface area (Å²) in [5.41, 5.74) is 7.50. The smallest absolute Gasteiger partial charge is 0.223 e. The summed E-state index contributed by atoms with van der Waals surface area (Å²) < 4.78 is 0. The van der Waals surface area contributed by atoms with Gasteiger partial charge in [-0.2, -0.15) is 0 Å². The van der Waals surface area contributed by atoms with Crippen molar-refractivity contribution in [2.75, 3.05) is 6.54 Å². The van der Waals surface area contributed by atoms with E-state index < -0.39 is 5.54 Å². The molecule has 0 bridgehead atoms. The van der Waals surface area contributed by atoms with Crippen LogP contribution in [0.3, 0.4) is 0 Å². The normalized spacial score (nSPS) is 17.9. The van der Waals surface area contributed by atoms with Crippen molar-refractivity contribution in [2.45, 2.75) is 52.1 Å². The zero-order chi connectivity index (χ0) is 18.6. The van der Waals surface area contributed by atoms with E-state index in [-0.39, 0.29) is 36.7 Å². The number of nitrogens with zero attached hydrogens (tertiary/aromatic N) is 1. The summed E-state index contributed by atoms with van der Waals surface area (Å²) in [5, 5.41) is 3.09. The minimum absolute atomic E-state index is 0. The maximum atomic E-state index is 12.7. The Hall–Kier alpha value is -1.85. The maximum absolute atomic E-state index is 12.7. The second-order valence-corrected chi connectivity index (χ2v) is 7.50. The number of fused-ring (bicyclic) bond motifs is 1. The molecule has 0 aliphatic carbocycles. The van der Waals surface area contributed by atoms with Crippen molar-refractivity contribution in [1.82, 2.24) is 10.2 Å². The van der Waals surface area contributed by atoms with Crippen LogP contribution in [-0.4, -0.2) is 28.8 Å². The lowest BCUT2D eigenvalue weighted by Gasteiger charge is -2.35. The largest absolute Gasteiger partial charge is 0.350 e. The predicted octanol–water partition coefficient (Wildman–Crippen LogP) is 3.25. The van der Waals surface area contributed by atoms with Crippen molar-refractivity contribution in [3.8, 4) is 0 Å². The predicted molar refractivity (Wildman–Crippen MR) is 108 cm³/mol. The number of benzene rings is 1. The topological polar surface area (TPSA) is 75.4 Å². The van der Waals surface area contributed by atoms with Crippen LogP contribution in [-0.2, 0) is 9.59 Å². The van der Waals surface area contributed by atoms with Gasteiger partial charge in [-0.05, 0) is 36.5 Å². The van der Waals surface area contributed by atoms with Crippen molar-refractivity contribution in [3.63, 3.8) is 0 Å². The molecule has 1 aliphatic heterocycles. The first kappa shape index (κ1) is 22.2. The van der Waals surface area contributed by atoms with Gasteiger partial charge < -0.3 is 16.0 Å². The van der Waals surface area contributed by atoms with Gasteiger partial charge in [0.05, 0.1) is 12.5 Å². The monoisotopic (exact) mass is 379 g/mol. The van der Waals surface area contributed by atoms with Crippen molar-refractivity contribution in [2.24, 2.45) is 11.7 Å². The SMILES string of the molecule is CC(=O)N1C=Cc2ccccc2C1CC(=O)NC(C)(CN)CC(C)C.Cl. The molecule has 0 radical (unpaired) electrons. The molecule has 2 atom stereocenters. The van der Waals surface area contributed by atoms with Crippen molar-refractivity contribution in [1.29, 1.82) is 0 Å². The van der Waals surface area contributed by atoms with Gasteiger partial charge in [-0.15, -0.1) is 12.4 Å². The van der Waals surface area contributed by atoms with Crippen LogP contribution in [0.25, 0.3) is 6.08 Å². The quantitative estimate of drug-likeness (QED) is 0.796. The molecule has 3 N–H and O–H groups in total. The molecule has 0 saturated carbocycles. The summed E-state index contributed by atoms with van der Waals surface area (Å²) in [6, 6.07) is 7.57. The third kappa shape index (κ3) is 5.32. The Morgan fingerprint density at radius 3 is 2.54 bits per heavy atom. The van der Waals surface area contributed by atoms with Gasteiger partial charge in [-0.1, -0.05) is 38.1 Å². The third-order valence-electron chi connectivity index (χ3n) is 4.60. The fourth-order valence-electron chi connectivity index (χ4n) is 3.56. The average molecular weight is 380 g/mol. The molecule has 0 aromatic heterocycles. The molecule has 144 valence electrons. The molecule has 2 rings (SSSR count). The fraction of sp³-hybridized carbons (Fsp3) is 0.500. The molecular weight excluding hydrogens is 350 g/mol. The number of amides is 2. The first-order valence-corrected chi connectivity index (χ1v) is 8.83. The van der Waals surface area contributed by atoms with Crippen LogP contribution in [0.2, 0.25) is 0 Å². The Kier molecular flexibility index (Phi) is 7.85. The van der Waals surface area contributed by atoms with E-state index in [1.54, 1.807) is 11.1 Å². The zero-order valence-electron chi connectivity index (χ0n) is 16.0. The van der Waals surface area contributed by atoms with E-state index in [0.717, 1.165) is 17.5 Å². The van der Waals surface area contributed by atoms with Gasteiger partial charge in [-0.3, -0.25) is 9.59 Å². The molecule has 6 heteroatoms. The summed E-state index contributed by atoms with van der Waals surface area (Å²) in [4.78, 5) is 26.4. The molecule has 0 saturated heterocycles. The van der Waals surface area contributed by atoms with Crippen LogP contribution in [0.4, 0.5) is 0 Å². The minimum Gasteiger partial charge on any atom is -0.350 e. The summed E-state index contributed by atoms with van der Waals surface area (Å²) in [6.07, 6.45) is 4.70. The second-order valence-electron chi connectivity index (χ2n) is 7.50. The number of nitrogens with two attached hydrogens (primary N) is 1. The summed E-state index contributed by atoms with van der Waals surface area (Å²) in [7, 11) is 0. The van der Waals surface area contributed by atoms with Gasteiger partial charge in [-0.25, -0.2) is 0 Å². The number of hydrogen-bond acceptors (Lipinski definition) is 3. The highest BCUT2D eigenvalue weighted by atomic mass is 35.5. The zero-order valence-corrected chi connectivity index (χ0v) is 16.8. The third-order valence-corrected chi connectivity index (χ3v) is 4.60. The lowest BCUT2D eigenvalue weighted by molar-refractivity contribution is -0.130. The van der Waals surface area contributed by atoms with Crippen LogP contribution in [0.1, 0.15) is 57.7 Å². The number of carbonyl (C=O) groups is 2. The maximum Gasteiger partial charge on any atom is 0.223 e. The van der Waals surface area contributed by atoms with E-state index >= 15 is 0 Å². The van der Waals surface area contributed by atoms with Gasteiger partial charge >= 0.3 is 0 Å². The Morgan fingerprint density at radius 2 is 1.96 bits per heavy atom. The molecule has 5 nitrogen and oxygen atoms in total. The van der Waals surface area contributed by atoms with E-state index in [0.29, 0.717) is 12.5 Å². The highest BCUT2D eigenvalue weighted by Crippen LogP contribution is 2.33. The number of hydrogen-bond donors (Lipinski definition) is 2. The number of rotatable bonds is 6. The summed E-state index contributed by atoms with van der Waals surface area (Å²) in [6.45, 7) is 8.10. The molecule has 0 spiro atoms. The second kappa shape index (κ2) is 9.19. The molecule has 26 heavy (non-hydrogen) atoms. The molecule has 2 amide bonds. The van der Waals surface area contributed by atoms with E-state index in [1.807, 2.05) is 37.3 Å². The highest BCUT2D eigenvalue weighted by Gasteiger charge is 2.31. The van der Waals surface area contributed by atoms with Crippen LogP contribution < -0.4 is 11.1 Å². The molecule has 1 aromatic rings. The van der Waals surface area contributed by atoms with Crippen LogP contribution in [0.5, 0.6) is 0 Å². The Bertz CT molecular complexity index is 675. The molecule has 1 heterocycles. The van der Waals surface area contributed by atoms with E-state index in [2.05, 4.69) is 19.2 Å². The van der Waals surface area contributed by atoms with Crippen LogP contribution in [0.15, 0.2) is 30.5 Å². The van der Waals surface area contributed by atoms with Crippen molar-refractivity contribution in [3.05, 3.63) is 41.6 Å². The Labute approximate surface area is 162 Å². The van der Waals surface area contributed by atoms with Crippen molar-refractivity contribution < 1.29 is 9.59 Å². The number of carbonyl (C=O) groups excluding carboxylic acids is 2. The highest BCUT2D eigenvalue weighted by molar-refractivity contribution is 5.85. The molecule has 1 aromatic carbocycles. The average Bonchev–Trinajstić information content (AvgIpc) is 2.53. The Morgan fingerprint density at radius 1 is 1.31 bits per heavy atom. The standard InChI is InChI=1S/C20H29N3O2.ClH/c1-14(2)12-20(4,13-21)22-19(25)11-18-17-8-6-5-7-16(17)9-10-23(18)15(3)24;/h5-10,14,18H,11-13,21H2,1-4H3,(H,22,25);1H. The van der Waals surface area contributed by atoms with Crippen molar-refractivity contribution >= 4 is 30.3 Å².